The summed E-state index contributed by atoms with van der Waals surface area (Å²) in [5, 5.41) is 3.44. The third-order valence-electron chi connectivity index (χ3n) is 3.98. The van der Waals surface area contributed by atoms with Crippen LogP contribution in [0, 0.1) is 5.41 Å². The lowest BCUT2D eigenvalue weighted by Gasteiger charge is -2.22. The van der Waals surface area contributed by atoms with E-state index < -0.39 is 0 Å². The van der Waals surface area contributed by atoms with Gasteiger partial charge in [0.05, 0.1) is 36.6 Å². The number of aromatic nitrogens is 1. The maximum atomic E-state index is 5.88. The number of allylic oxidation sites excluding steroid dienone is 4. The summed E-state index contributed by atoms with van der Waals surface area (Å²) in [5.74, 6) is 1.06. The molecule has 0 aliphatic heterocycles. The Morgan fingerprint density at radius 2 is 1.78 bits per heavy atom. The molecule has 0 fully saturated rings. The van der Waals surface area contributed by atoms with Crippen LogP contribution in [0.3, 0.4) is 0 Å². The van der Waals surface area contributed by atoms with Gasteiger partial charge in [0, 0.05) is 25.0 Å². The van der Waals surface area contributed by atoms with E-state index in [1.54, 1.807) is 0 Å². The fourth-order valence-corrected chi connectivity index (χ4v) is 2.79. The Bertz CT molecular complexity index is 646. The van der Waals surface area contributed by atoms with E-state index in [2.05, 4.69) is 76.1 Å². The van der Waals surface area contributed by atoms with Gasteiger partial charge in [-0.05, 0) is 56.4 Å². The Kier molecular flexibility index (Phi) is 7.49. The highest BCUT2D eigenvalue weighted by atomic mass is 16.5. The van der Waals surface area contributed by atoms with E-state index in [4.69, 9.17) is 9.47 Å². The van der Waals surface area contributed by atoms with E-state index in [0.717, 1.165) is 49.6 Å². The molecule has 0 unspecified atom stereocenters. The molecular formula is C23H36N2O2. The van der Waals surface area contributed by atoms with Crippen LogP contribution in [0.2, 0.25) is 0 Å². The summed E-state index contributed by atoms with van der Waals surface area (Å²) in [6.07, 6.45) is 8.94. The molecule has 4 nitrogen and oxygen atoms in total. The smallest absolute Gasteiger partial charge is 0.0963 e. The van der Waals surface area contributed by atoms with Gasteiger partial charge in [-0.25, -0.2) is 0 Å². The molecule has 2 rings (SSSR count). The van der Waals surface area contributed by atoms with Crippen molar-refractivity contribution in [3.63, 3.8) is 0 Å². The van der Waals surface area contributed by atoms with E-state index >= 15 is 0 Å². The lowest BCUT2D eigenvalue weighted by molar-refractivity contribution is 0.0572. The van der Waals surface area contributed by atoms with Crippen LogP contribution in [0.5, 0.6) is 0 Å². The quantitative estimate of drug-likeness (QED) is 0.584. The second-order valence-electron chi connectivity index (χ2n) is 9.45. The highest BCUT2D eigenvalue weighted by Crippen LogP contribution is 2.27. The highest BCUT2D eigenvalue weighted by Gasteiger charge is 2.13. The molecule has 0 saturated carbocycles. The normalized spacial score (nSPS) is 15.2. The molecule has 0 radical (unpaired) electrons. The number of nitrogens with one attached hydrogen (secondary N) is 1. The Morgan fingerprint density at radius 1 is 1.00 bits per heavy atom. The molecule has 0 amide bonds. The lowest BCUT2D eigenvalue weighted by Crippen LogP contribution is -2.26. The zero-order valence-corrected chi connectivity index (χ0v) is 17.9. The molecule has 4 heteroatoms. The SMILES string of the molecule is CC(C)(C)COCCCOC1=CC=C(c2ccc(NC(C)(C)C)cn2)CC1. The van der Waals surface area contributed by atoms with E-state index in [1.807, 2.05) is 6.20 Å². The van der Waals surface area contributed by atoms with Gasteiger partial charge >= 0.3 is 0 Å². The number of pyridine rings is 1. The van der Waals surface area contributed by atoms with Gasteiger partial charge in [0.2, 0.25) is 0 Å². The van der Waals surface area contributed by atoms with Crippen molar-refractivity contribution in [3.8, 4) is 0 Å². The zero-order chi connectivity index (χ0) is 19.9. The summed E-state index contributed by atoms with van der Waals surface area (Å²) in [6.45, 7) is 15.3. The summed E-state index contributed by atoms with van der Waals surface area (Å²) < 4.78 is 11.6. The van der Waals surface area contributed by atoms with Crippen LogP contribution in [-0.4, -0.2) is 30.3 Å². The van der Waals surface area contributed by atoms with Gasteiger partial charge in [-0.1, -0.05) is 26.8 Å². The van der Waals surface area contributed by atoms with E-state index in [9.17, 15) is 0 Å². The first-order valence-electron chi connectivity index (χ1n) is 9.97. The van der Waals surface area contributed by atoms with Crippen molar-refractivity contribution in [2.75, 3.05) is 25.1 Å². The highest BCUT2D eigenvalue weighted by molar-refractivity contribution is 5.66. The van der Waals surface area contributed by atoms with Crippen molar-refractivity contribution in [1.82, 2.24) is 4.98 Å². The van der Waals surface area contributed by atoms with Crippen LogP contribution in [0.1, 0.15) is 66.5 Å². The summed E-state index contributed by atoms with van der Waals surface area (Å²) in [7, 11) is 0. The Hall–Kier alpha value is -1.81. The average molecular weight is 373 g/mol. The molecule has 0 saturated heterocycles. The van der Waals surface area contributed by atoms with Crippen LogP contribution in [-0.2, 0) is 9.47 Å². The van der Waals surface area contributed by atoms with Crippen LogP contribution < -0.4 is 5.32 Å². The topological polar surface area (TPSA) is 43.4 Å². The van der Waals surface area contributed by atoms with Gasteiger partial charge < -0.3 is 14.8 Å². The van der Waals surface area contributed by atoms with E-state index in [0.29, 0.717) is 6.61 Å². The molecule has 1 N–H and O–H groups in total. The summed E-state index contributed by atoms with van der Waals surface area (Å²) >= 11 is 0. The zero-order valence-electron chi connectivity index (χ0n) is 17.9. The minimum atomic E-state index is 0.0417. The molecule has 0 atom stereocenters. The first-order chi connectivity index (χ1) is 12.6. The Balaban J connectivity index is 1.77. The van der Waals surface area contributed by atoms with Crippen molar-refractivity contribution >= 4 is 11.3 Å². The van der Waals surface area contributed by atoms with Crippen molar-refractivity contribution in [2.45, 2.75) is 66.3 Å². The molecule has 27 heavy (non-hydrogen) atoms. The number of ether oxygens (including phenoxy) is 2. The van der Waals surface area contributed by atoms with Crippen LogP contribution >= 0.6 is 0 Å². The van der Waals surface area contributed by atoms with Crippen molar-refractivity contribution in [2.24, 2.45) is 5.41 Å². The molecule has 150 valence electrons. The summed E-state index contributed by atoms with van der Waals surface area (Å²) in [6, 6.07) is 4.19. The maximum absolute atomic E-state index is 5.88. The van der Waals surface area contributed by atoms with Gasteiger partial charge in [-0.2, -0.15) is 0 Å². The second kappa shape index (κ2) is 9.41. The number of hydrogen-bond acceptors (Lipinski definition) is 4. The Labute approximate surface area is 165 Å². The number of nitrogens with zero attached hydrogens (tertiary/aromatic N) is 1. The monoisotopic (exact) mass is 372 g/mol. The van der Waals surface area contributed by atoms with Crippen LogP contribution in [0.15, 0.2) is 36.2 Å². The predicted molar refractivity (Wildman–Crippen MR) is 114 cm³/mol. The van der Waals surface area contributed by atoms with Crippen LogP contribution in [0.4, 0.5) is 5.69 Å². The third-order valence-corrected chi connectivity index (χ3v) is 3.98. The van der Waals surface area contributed by atoms with Gasteiger partial charge in [-0.3, -0.25) is 4.98 Å². The molecule has 1 aliphatic carbocycles. The largest absolute Gasteiger partial charge is 0.498 e. The molecule has 1 aromatic heterocycles. The summed E-state index contributed by atoms with van der Waals surface area (Å²) in [4.78, 5) is 4.61. The van der Waals surface area contributed by atoms with Crippen molar-refractivity contribution in [3.05, 3.63) is 41.9 Å². The standard InChI is InChI=1S/C23H36N2O2/c1-22(2,3)17-26-14-7-15-27-20-11-8-18(9-12-20)21-13-10-19(16-24-21)25-23(4,5)6/h8,10-11,13,16,25H,7,9,12,14-15,17H2,1-6H3. The first kappa shape index (κ1) is 21.5. The minimum absolute atomic E-state index is 0.0417. The fourth-order valence-electron chi connectivity index (χ4n) is 2.79. The van der Waals surface area contributed by atoms with Crippen molar-refractivity contribution in [1.29, 1.82) is 0 Å². The molecule has 0 spiro atoms. The minimum Gasteiger partial charge on any atom is -0.498 e. The van der Waals surface area contributed by atoms with Gasteiger partial charge in [0.1, 0.15) is 0 Å². The number of rotatable bonds is 8. The Morgan fingerprint density at radius 3 is 2.33 bits per heavy atom. The maximum Gasteiger partial charge on any atom is 0.0963 e. The van der Waals surface area contributed by atoms with Gasteiger partial charge in [0.15, 0.2) is 0 Å². The fraction of sp³-hybridized carbons (Fsp3) is 0.609. The molecule has 1 aliphatic rings. The van der Waals surface area contributed by atoms with E-state index in [-0.39, 0.29) is 11.0 Å². The summed E-state index contributed by atoms with van der Waals surface area (Å²) in [5.41, 5.74) is 3.62. The number of hydrogen-bond donors (Lipinski definition) is 1. The predicted octanol–water partition coefficient (Wildman–Crippen LogP) is 5.82. The second-order valence-corrected chi connectivity index (χ2v) is 9.45. The lowest BCUT2D eigenvalue weighted by atomic mass is 9.99. The number of anilines is 1. The van der Waals surface area contributed by atoms with Crippen LogP contribution in [0.25, 0.3) is 5.57 Å². The van der Waals surface area contributed by atoms with Crippen molar-refractivity contribution < 1.29 is 9.47 Å². The van der Waals surface area contributed by atoms with Gasteiger partial charge in [0.25, 0.3) is 0 Å². The first-order valence-corrected chi connectivity index (χ1v) is 9.97. The van der Waals surface area contributed by atoms with Gasteiger partial charge in [-0.15, -0.1) is 0 Å². The molecule has 0 bridgehead atoms. The average Bonchev–Trinajstić information content (AvgIpc) is 2.57. The third kappa shape index (κ3) is 8.61. The molecule has 0 aromatic carbocycles. The molecule has 1 heterocycles. The van der Waals surface area contributed by atoms with E-state index in [1.165, 1.54) is 5.57 Å². The molecule has 1 aromatic rings. The molecular weight excluding hydrogens is 336 g/mol.